The molecular weight excluding hydrogens is 276 g/mol. The number of nitrogens with one attached hydrogen (secondary N) is 2. The van der Waals surface area contributed by atoms with Gasteiger partial charge in [-0.25, -0.2) is 9.59 Å². The van der Waals surface area contributed by atoms with Crippen LogP contribution in [0.4, 0.5) is 4.79 Å². The van der Waals surface area contributed by atoms with Gasteiger partial charge in [0.1, 0.15) is 0 Å². The lowest BCUT2D eigenvalue weighted by Gasteiger charge is -2.13. The molecule has 0 fully saturated rings. The predicted octanol–water partition coefficient (Wildman–Crippen LogP) is 0.552. The monoisotopic (exact) mass is 290 g/mol. The molecule has 100 valence electrons. The lowest BCUT2D eigenvalue weighted by atomic mass is 10.2. The van der Waals surface area contributed by atoms with Crippen LogP contribution in [0.25, 0.3) is 0 Å². The fourth-order valence-electron chi connectivity index (χ4n) is 1.20. The van der Waals surface area contributed by atoms with Crippen LogP contribution in [-0.2, 0) is 15.6 Å². The molecule has 0 bridgehead atoms. The van der Waals surface area contributed by atoms with Crippen molar-refractivity contribution in [1.29, 1.82) is 0 Å². The highest BCUT2D eigenvalue weighted by molar-refractivity contribution is 7.84. The largest absolute Gasteiger partial charge is 0.479 e. The van der Waals surface area contributed by atoms with Gasteiger partial charge < -0.3 is 15.7 Å². The van der Waals surface area contributed by atoms with E-state index in [0.717, 1.165) is 0 Å². The molecule has 0 aliphatic rings. The Morgan fingerprint density at radius 1 is 1.56 bits per heavy atom. The van der Waals surface area contributed by atoms with Crippen LogP contribution in [0.3, 0.4) is 0 Å². The van der Waals surface area contributed by atoms with Crippen LogP contribution in [0.1, 0.15) is 10.9 Å². The van der Waals surface area contributed by atoms with E-state index in [9.17, 15) is 13.8 Å². The van der Waals surface area contributed by atoms with Gasteiger partial charge in [-0.1, -0.05) is 6.07 Å². The maximum atomic E-state index is 11.5. The quantitative estimate of drug-likeness (QED) is 0.713. The molecule has 1 aromatic rings. The fourth-order valence-corrected chi connectivity index (χ4v) is 2.36. The molecule has 3 N–H and O–H groups in total. The summed E-state index contributed by atoms with van der Waals surface area (Å²) in [4.78, 5) is 23.0. The molecule has 2 unspecified atom stereocenters. The number of hydrogen-bond acceptors (Lipinski definition) is 4. The van der Waals surface area contributed by atoms with Gasteiger partial charge in [0, 0.05) is 34.2 Å². The average molecular weight is 290 g/mol. The van der Waals surface area contributed by atoms with Crippen LogP contribution >= 0.6 is 11.3 Å². The minimum Gasteiger partial charge on any atom is -0.479 e. The van der Waals surface area contributed by atoms with E-state index in [-0.39, 0.29) is 6.54 Å². The van der Waals surface area contributed by atoms with Crippen LogP contribution < -0.4 is 10.6 Å². The Balaban J connectivity index is 2.49. The second-order valence-corrected chi connectivity index (χ2v) is 6.00. The second-order valence-electron chi connectivity index (χ2n) is 3.46. The first-order valence-electron chi connectivity index (χ1n) is 5.11. The van der Waals surface area contributed by atoms with Gasteiger partial charge in [-0.05, 0) is 11.4 Å². The fraction of sp³-hybridized carbons (Fsp3) is 0.400. The van der Waals surface area contributed by atoms with Crippen LogP contribution in [0.2, 0.25) is 0 Å². The molecule has 6 nitrogen and oxygen atoms in total. The van der Waals surface area contributed by atoms with Crippen molar-refractivity contribution >= 4 is 34.1 Å². The average Bonchev–Trinajstić information content (AvgIpc) is 2.78. The zero-order valence-corrected chi connectivity index (χ0v) is 11.3. The first-order chi connectivity index (χ1) is 8.50. The van der Waals surface area contributed by atoms with Gasteiger partial charge >= 0.3 is 12.0 Å². The SMILES string of the molecule is CS(=O)CCNC(=O)NC(C(=O)O)c1cccs1. The van der Waals surface area contributed by atoms with Crippen molar-refractivity contribution in [3.63, 3.8) is 0 Å². The normalized spacial score (nSPS) is 13.6. The maximum absolute atomic E-state index is 11.5. The molecule has 8 heteroatoms. The number of carboxylic acids is 1. The number of carboxylic acid groups (broad SMARTS) is 1. The lowest BCUT2D eigenvalue weighted by molar-refractivity contribution is -0.139. The molecule has 2 atom stereocenters. The predicted molar refractivity (Wildman–Crippen MR) is 70.2 cm³/mol. The summed E-state index contributed by atoms with van der Waals surface area (Å²) >= 11 is 1.26. The van der Waals surface area contributed by atoms with E-state index in [1.54, 1.807) is 17.5 Å². The number of urea groups is 1. The van der Waals surface area contributed by atoms with E-state index in [0.29, 0.717) is 10.6 Å². The number of aliphatic carboxylic acids is 1. The van der Waals surface area contributed by atoms with E-state index >= 15 is 0 Å². The number of carbonyl (C=O) groups is 2. The smallest absolute Gasteiger partial charge is 0.331 e. The molecule has 0 saturated carbocycles. The summed E-state index contributed by atoms with van der Waals surface area (Å²) in [5, 5.41) is 15.6. The van der Waals surface area contributed by atoms with E-state index in [4.69, 9.17) is 5.11 Å². The molecule has 18 heavy (non-hydrogen) atoms. The van der Waals surface area contributed by atoms with Gasteiger partial charge in [-0.3, -0.25) is 4.21 Å². The minimum atomic E-state index is -1.12. The number of amides is 2. The first-order valence-corrected chi connectivity index (χ1v) is 7.72. The Bertz CT molecular complexity index is 433. The van der Waals surface area contributed by atoms with Crippen LogP contribution in [0.15, 0.2) is 17.5 Å². The topological polar surface area (TPSA) is 95.5 Å². The van der Waals surface area contributed by atoms with Crippen molar-refractivity contribution < 1.29 is 18.9 Å². The number of carbonyl (C=O) groups excluding carboxylic acids is 1. The summed E-state index contributed by atoms with van der Waals surface area (Å²) in [6.45, 7) is 0.242. The van der Waals surface area contributed by atoms with Crippen LogP contribution in [0, 0.1) is 0 Å². The molecule has 0 saturated heterocycles. The summed E-state index contributed by atoms with van der Waals surface area (Å²) in [7, 11) is -0.990. The van der Waals surface area contributed by atoms with E-state index in [1.807, 2.05) is 0 Å². The lowest BCUT2D eigenvalue weighted by Crippen LogP contribution is -2.41. The van der Waals surface area contributed by atoms with Crippen molar-refractivity contribution in [2.24, 2.45) is 0 Å². The standard InChI is InChI=1S/C10H14N2O4S2/c1-18(16)6-4-11-10(15)12-8(9(13)14)7-3-2-5-17-7/h2-3,5,8H,4,6H2,1H3,(H,13,14)(H2,11,12,15). The van der Waals surface area contributed by atoms with E-state index in [2.05, 4.69) is 10.6 Å². The molecule has 0 radical (unpaired) electrons. The highest BCUT2D eigenvalue weighted by atomic mass is 32.2. The Kier molecular flexibility index (Phi) is 5.79. The molecule has 0 aromatic carbocycles. The van der Waals surface area contributed by atoms with Crippen LogP contribution in [-0.4, -0.2) is 39.9 Å². The highest BCUT2D eigenvalue weighted by Crippen LogP contribution is 2.18. The Labute approximate surface area is 111 Å². The summed E-state index contributed by atoms with van der Waals surface area (Å²) in [6.07, 6.45) is 1.53. The van der Waals surface area contributed by atoms with Gasteiger partial charge in [-0.15, -0.1) is 11.3 Å². The molecule has 0 aliphatic carbocycles. The second kappa shape index (κ2) is 7.12. The highest BCUT2D eigenvalue weighted by Gasteiger charge is 2.22. The summed E-state index contributed by atoms with van der Waals surface area (Å²) < 4.78 is 10.8. The third kappa shape index (κ3) is 4.84. The Hall–Kier alpha value is -1.41. The third-order valence-corrected chi connectivity index (χ3v) is 3.74. The summed E-state index contributed by atoms with van der Waals surface area (Å²) in [6, 6.07) is 1.72. The van der Waals surface area contributed by atoms with Crippen molar-refractivity contribution in [3.05, 3.63) is 22.4 Å². The molecule has 0 aliphatic heterocycles. The maximum Gasteiger partial charge on any atom is 0.331 e. The van der Waals surface area contributed by atoms with Gasteiger partial charge in [0.25, 0.3) is 0 Å². The summed E-state index contributed by atoms with van der Waals surface area (Å²) in [5.41, 5.74) is 0. The van der Waals surface area contributed by atoms with E-state index < -0.39 is 28.8 Å². The zero-order chi connectivity index (χ0) is 13.5. The molecular formula is C10H14N2O4S2. The first kappa shape index (κ1) is 14.7. The van der Waals surface area contributed by atoms with Gasteiger partial charge in [0.15, 0.2) is 6.04 Å². The number of thiophene rings is 1. The zero-order valence-electron chi connectivity index (χ0n) is 9.71. The van der Waals surface area contributed by atoms with Crippen LogP contribution in [0.5, 0.6) is 0 Å². The van der Waals surface area contributed by atoms with Crippen molar-refractivity contribution in [3.8, 4) is 0 Å². The third-order valence-electron chi connectivity index (χ3n) is 2.03. The Morgan fingerprint density at radius 3 is 2.78 bits per heavy atom. The van der Waals surface area contributed by atoms with Gasteiger partial charge in [0.2, 0.25) is 0 Å². The molecule has 1 heterocycles. The van der Waals surface area contributed by atoms with Crippen molar-refractivity contribution in [2.75, 3.05) is 18.6 Å². The van der Waals surface area contributed by atoms with Crippen molar-refractivity contribution in [2.45, 2.75) is 6.04 Å². The van der Waals surface area contributed by atoms with Gasteiger partial charge in [0.05, 0.1) is 0 Å². The number of hydrogen-bond donors (Lipinski definition) is 3. The van der Waals surface area contributed by atoms with Gasteiger partial charge in [-0.2, -0.15) is 0 Å². The molecule has 2 amide bonds. The Morgan fingerprint density at radius 2 is 2.28 bits per heavy atom. The van der Waals surface area contributed by atoms with E-state index in [1.165, 1.54) is 17.6 Å². The van der Waals surface area contributed by atoms with Crippen molar-refractivity contribution in [1.82, 2.24) is 10.6 Å². The molecule has 1 rings (SSSR count). The number of rotatable bonds is 6. The summed E-state index contributed by atoms with van der Waals surface area (Å²) in [5.74, 6) is -0.781. The molecule has 1 aromatic heterocycles. The molecule has 0 spiro atoms. The minimum absolute atomic E-state index is 0.242.